The lowest BCUT2D eigenvalue weighted by Gasteiger charge is -2.08. The Balaban J connectivity index is 1.97. The van der Waals surface area contributed by atoms with Crippen molar-refractivity contribution in [2.75, 3.05) is 18.9 Å². The zero-order chi connectivity index (χ0) is 18.7. The van der Waals surface area contributed by atoms with Crippen LogP contribution in [0.4, 0.5) is 5.82 Å². The van der Waals surface area contributed by atoms with Gasteiger partial charge in [-0.2, -0.15) is 5.10 Å². The maximum atomic E-state index is 12.1. The van der Waals surface area contributed by atoms with Crippen LogP contribution in [-0.2, 0) is 10.0 Å². The van der Waals surface area contributed by atoms with E-state index in [0.29, 0.717) is 5.82 Å². The highest BCUT2D eigenvalue weighted by atomic mass is 32.2. The highest BCUT2D eigenvalue weighted by molar-refractivity contribution is 7.89. The molecule has 136 valence electrons. The second-order valence-corrected chi connectivity index (χ2v) is 7.51. The van der Waals surface area contributed by atoms with Gasteiger partial charge in [0.15, 0.2) is 0 Å². The maximum Gasteiger partial charge on any atom is 0.240 e. The Labute approximate surface area is 152 Å². The molecular weight excluding hydrogens is 352 g/mol. The summed E-state index contributed by atoms with van der Waals surface area (Å²) in [7, 11) is -3.64. The molecule has 3 aromatic rings. The van der Waals surface area contributed by atoms with Crippen molar-refractivity contribution in [2.45, 2.75) is 11.8 Å². The van der Waals surface area contributed by atoms with Gasteiger partial charge >= 0.3 is 0 Å². The average molecular weight is 372 g/mol. The summed E-state index contributed by atoms with van der Waals surface area (Å²) in [5.41, 5.74) is 9.45. The molecule has 1 aromatic heterocycles. The zero-order valence-corrected chi connectivity index (χ0v) is 15.1. The van der Waals surface area contributed by atoms with Crippen LogP contribution in [0.1, 0.15) is 5.69 Å². The second-order valence-electron chi connectivity index (χ2n) is 5.74. The molecule has 0 atom stereocenters. The van der Waals surface area contributed by atoms with Crippen molar-refractivity contribution in [3.8, 4) is 16.8 Å². The Hall–Kier alpha value is -2.68. The van der Waals surface area contributed by atoms with Crippen LogP contribution < -0.4 is 10.5 Å². The molecule has 0 aliphatic carbocycles. The Morgan fingerprint density at radius 3 is 2.38 bits per heavy atom. The van der Waals surface area contributed by atoms with Crippen LogP contribution in [0.3, 0.4) is 0 Å². The number of hydrogen-bond acceptors (Lipinski definition) is 5. The molecule has 26 heavy (non-hydrogen) atoms. The van der Waals surface area contributed by atoms with Crippen molar-refractivity contribution in [1.82, 2.24) is 14.5 Å². The lowest BCUT2D eigenvalue weighted by Crippen LogP contribution is -2.26. The van der Waals surface area contributed by atoms with Crippen LogP contribution in [0.2, 0.25) is 0 Å². The van der Waals surface area contributed by atoms with Gasteiger partial charge in [-0.1, -0.05) is 30.3 Å². The number of benzene rings is 2. The van der Waals surface area contributed by atoms with E-state index in [2.05, 4.69) is 9.82 Å². The molecule has 0 aliphatic heterocycles. The van der Waals surface area contributed by atoms with Crippen LogP contribution >= 0.6 is 0 Å². The number of aromatic nitrogens is 2. The first kappa shape index (κ1) is 18.1. The Bertz CT molecular complexity index is 997. The summed E-state index contributed by atoms with van der Waals surface area (Å²) in [5, 5.41) is 13.3. The molecule has 0 radical (unpaired) electrons. The second kappa shape index (κ2) is 7.28. The van der Waals surface area contributed by atoms with Crippen LogP contribution in [0.15, 0.2) is 59.5 Å². The number of rotatable bonds is 6. The molecular formula is C18H20N4O3S. The number of aliphatic hydroxyl groups excluding tert-OH is 1. The molecule has 0 amide bonds. The molecule has 7 nitrogen and oxygen atoms in total. The molecule has 3 rings (SSSR count). The number of sulfonamides is 1. The first-order valence-corrected chi connectivity index (χ1v) is 9.54. The van der Waals surface area contributed by atoms with E-state index in [1.165, 1.54) is 12.1 Å². The zero-order valence-electron chi connectivity index (χ0n) is 14.3. The lowest BCUT2D eigenvalue weighted by molar-refractivity contribution is 0.301. The van der Waals surface area contributed by atoms with E-state index in [1.54, 1.807) is 16.8 Å². The molecule has 0 saturated carbocycles. The fourth-order valence-corrected chi connectivity index (χ4v) is 3.75. The molecule has 0 aliphatic rings. The van der Waals surface area contributed by atoms with Crippen LogP contribution in [0.25, 0.3) is 16.8 Å². The minimum Gasteiger partial charge on any atom is -0.395 e. The SMILES string of the molecule is Cc1nn(-c2ccccc2)c(N)c1-c1ccc(S(=O)(=O)NCCO)cc1. The monoisotopic (exact) mass is 372 g/mol. The molecule has 1 heterocycles. The largest absolute Gasteiger partial charge is 0.395 e. The standard InChI is InChI=1S/C18H20N4O3S/c1-13-17(18(19)22(21-13)15-5-3-2-4-6-15)14-7-9-16(10-8-14)26(24,25)20-11-12-23/h2-10,20,23H,11-12,19H2,1H3. The van der Waals surface area contributed by atoms with E-state index in [1.807, 2.05) is 37.3 Å². The van der Waals surface area contributed by atoms with Gasteiger partial charge in [0.1, 0.15) is 5.82 Å². The molecule has 0 bridgehead atoms. The number of nitrogens with two attached hydrogens (primary N) is 1. The quantitative estimate of drug-likeness (QED) is 0.610. The predicted molar refractivity (Wildman–Crippen MR) is 100 cm³/mol. The Morgan fingerprint density at radius 1 is 1.12 bits per heavy atom. The highest BCUT2D eigenvalue weighted by Crippen LogP contribution is 2.31. The maximum absolute atomic E-state index is 12.1. The number of aryl methyl sites for hydroxylation is 1. The van der Waals surface area contributed by atoms with Gasteiger partial charge in [0.25, 0.3) is 0 Å². The van der Waals surface area contributed by atoms with Crippen molar-refractivity contribution in [3.63, 3.8) is 0 Å². The number of aliphatic hydroxyl groups is 1. The normalized spacial score (nSPS) is 11.6. The lowest BCUT2D eigenvalue weighted by atomic mass is 10.1. The third-order valence-electron chi connectivity index (χ3n) is 3.95. The molecule has 4 N–H and O–H groups in total. The third-order valence-corrected chi connectivity index (χ3v) is 5.43. The molecule has 0 spiro atoms. The Morgan fingerprint density at radius 2 is 1.77 bits per heavy atom. The Kier molecular flexibility index (Phi) is 5.08. The molecule has 0 unspecified atom stereocenters. The van der Waals surface area contributed by atoms with Crippen LogP contribution in [0, 0.1) is 6.92 Å². The van der Waals surface area contributed by atoms with Gasteiger partial charge in [0.2, 0.25) is 10.0 Å². The van der Waals surface area contributed by atoms with Gasteiger partial charge in [0.05, 0.1) is 22.9 Å². The van der Waals surface area contributed by atoms with Crippen LogP contribution in [0.5, 0.6) is 0 Å². The van der Waals surface area contributed by atoms with Gasteiger partial charge in [-0.25, -0.2) is 17.8 Å². The van der Waals surface area contributed by atoms with E-state index >= 15 is 0 Å². The van der Waals surface area contributed by atoms with Crippen molar-refractivity contribution in [3.05, 3.63) is 60.3 Å². The van der Waals surface area contributed by atoms with E-state index in [9.17, 15) is 8.42 Å². The van der Waals surface area contributed by atoms with Gasteiger partial charge in [-0.05, 0) is 36.8 Å². The van der Waals surface area contributed by atoms with Gasteiger partial charge < -0.3 is 10.8 Å². The summed E-state index contributed by atoms with van der Waals surface area (Å²) >= 11 is 0. The fraction of sp³-hybridized carbons (Fsp3) is 0.167. The van der Waals surface area contributed by atoms with Gasteiger partial charge in [-0.15, -0.1) is 0 Å². The fourth-order valence-electron chi connectivity index (χ4n) is 2.73. The number of nitrogens with one attached hydrogen (secondary N) is 1. The topological polar surface area (TPSA) is 110 Å². The summed E-state index contributed by atoms with van der Waals surface area (Å²) in [5.74, 6) is 0.489. The summed E-state index contributed by atoms with van der Waals surface area (Å²) in [6, 6.07) is 16.0. The smallest absolute Gasteiger partial charge is 0.240 e. The van der Waals surface area contributed by atoms with E-state index in [0.717, 1.165) is 22.5 Å². The van der Waals surface area contributed by atoms with E-state index < -0.39 is 10.0 Å². The van der Waals surface area contributed by atoms with Crippen molar-refractivity contribution in [1.29, 1.82) is 0 Å². The number of para-hydroxylation sites is 1. The number of nitrogens with zero attached hydrogens (tertiary/aromatic N) is 2. The number of hydrogen-bond donors (Lipinski definition) is 3. The molecule has 8 heteroatoms. The first-order valence-electron chi connectivity index (χ1n) is 8.05. The summed E-state index contributed by atoms with van der Waals surface area (Å²) in [6.07, 6.45) is 0. The van der Waals surface area contributed by atoms with Gasteiger partial charge in [-0.3, -0.25) is 0 Å². The van der Waals surface area contributed by atoms with Gasteiger partial charge in [0, 0.05) is 12.1 Å². The van der Waals surface area contributed by atoms with Crippen LogP contribution in [-0.4, -0.2) is 36.5 Å². The summed E-state index contributed by atoms with van der Waals surface area (Å²) in [4.78, 5) is 0.126. The number of anilines is 1. The average Bonchev–Trinajstić information content (AvgIpc) is 2.95. The van der Waals surface area contributed by atoms with Crippen molar-refractivity contribution in [2.24, 2.45) is 0 Å². The predicted octanol–water partition coefficient (Wildman–Crippen LogP) is 1.70. The third kappa shape index (κ3) is 3.48. The molecule has 2 aromatic carbocycles. The van der Waals surface area contributed by atoms with Crippen molar-refractivity contribution < 1.29 is 13.5 Å². The minimum absolute atomic E-state index is 0.0278. The number of nitrogen functional groups attached to an aromatic ring is 1. The van der Waals surface area contributed by atoms with Crippen molar-refractivity contribution >= 4 is 15.8 Å². The summed E-state index contributed by atoms with van der Waals surface area (Å²) in [6.45, 7) is 1.57. The molecule has 0 saturated heterocycles. The first-order chi connectivity index (χ1) is 12.4. The van der Waals surface area contributed by atoms with E-state index in [-0.39, 0.29) is 18.0 Å². The van der Waals surface area contributed by atoms with E-state index in [4.69, 9.17) is 10.8 Å². The highest BCUT2D eigenvalue weighted by Gasteiger charge is 2.17. The molecule has 0 fully saturated rings. The minimum atomic E-state index is -3.64. The summed E-state index contributed by atoms with van der Waals surface area (Å²) < 4.78 is 28.2.